The van der Waals surface area contributed by atoms with Crippen molar-refractivity contribution in [2.45, 2.75) is 6.42 Å². The average Bonchev–Trinajstić information content (AvgIpc) is 2.83. The quantitative estimate of drug-likeness (QED) is 0.438. The third-order valence-electron chi connectivity index (χ3n) is 4.90. The Bertz CT molecular complexity index is 1160. The van der Waals surface area contributed by atoms with Gasteiger partial charge in [-0.3, -0.25) is 9.59 Å². The van der Waals surface area contributed by atoms with E-state index in [2.05, 4.69) is 10.6 Å². The normalized spacial score (nSPS) is 10.6. The van der Waals surface area contributed by atoms with Gasteiger partial charge in [-0.15, -0.1) is 0 Å². The van der Waals surface area contributed by atoms with Gasteiger partial charge in [0.15, 0.2) is 11.5 Å². The molecule has 7 heteroatoms. The van der Waals surface area contributed by atoms with E-state index in [4.69, 9.17) is 21.1 Å². The third kappa shape index (κ3) is 6.60. The maximum Gasteiger partial charge on any atom is 0.253 e. The molecule has 0 fully saturated rings. The fourth-order valence-corrected chi connectivity index (χ4v) is 3.39. The van der Waals surface area contributed by atoms with Gasteiger partial charge in [0.2, 0.25) is 5.91 Å². The molecular formula is C26H25ClN2O4. The maximum absolute atomic E-state index is 12.7. The summed E-state index contributed by atoms with van der Waals surface area (Å²) in [5.41, 5.74) is 2.54. The first-order chi connectivity index (χ1) is 16.0. The Hall–Kier alpha value is -3.77. The number of rotatable bonds is 9. The minimum absolute atomic E-state index is 0.276. The number of ether oxygens (including phenoxy) is 2. The zero-order valence-corrected chi connectivity index (χ0v) is 19.2. The highest BCUT2D eigenvalue weighted by atomic mass is 35.5. The number of halogens is 1. The topological polar surface area (TPSA) is 76.7 Å². The third-order valence-corrected chi connectivity index (χ3v) is 5.24. The molecule has 2 amide bonds. The number of anilines is 1. The summed E-state index contributed by atoms with van der Waals surface area (Å²) in [6.45, 7) is 0.420. The van der Waals surface area contributed by atoms with Gasteiger partial charge in [0.05, 0.1) is 25.5 Å². The highest BCUT2D eigenvalue weighted by Gasteiger charge is 2.12. The first-order valence-electron chi connectivity index (χ1n) is 10.3. The molecule has 0 radical (unpaired) electrons. The number of hydrogen-bond donors (Lipinski definition) is 2. The number of carbonyl (C=O) groups excluding carboxylic acids is 2. The zero-order chi connectivity index (χ0) is 23.6. The van der Waals surface area contributed by atoms with Gasteiger partial charge in [0.25, 0.3) is 5.91 Å². The molecule has 0 bridgehead atoms. The lowest BCUT2D eigenvalue weighted by Crippen LogP contribution is -2.27. The van der Waals surface area contributed by atoms with Crippen LogP contribution in [0.5, 0.6) is 11.5 Å². The molecule has 33 heavy (non-hydrogen) atoms. The van der Waals surface area contributed by atoms with Crippen LogP contribution in [0.25, 0.3) is 6.08 Å². The standard InChI is InChI=1S/C26H25ClN2O4/c1-32-23-13-11-18(17-24(23)33-2)15-16-28-26(31)20-8-4-6-10-22(20)29-25(30)14-12-19-7-3-5-9-21(19)27/h3-14,17H,15-16H2,1-2H3,(H,28,31)(H,29,30)/b14-12+. The predicted molar refractivity (Wildman–Crippen MR) is 131 cm³/mol. The second-order valence-electron chi connectivity index (χ2n) is 7.08. The van der Waals surface area contributed by atoms with Crippen molar-refractivity contribution in [2.24, 2.45) is 0 Å². The van der Waals surface area contributed by atoms with Crippen LogP contribution in [0.15, 0.2) is 72.8 Å². The summed E-state index contributed by atoms with van der Waals surface area (Å²) in [5, 5.41) is 6.20. The average molecular weight is 465 g/mol. The minimum Gasteiger partial charge on any atom is -0.493 e. The highest BCUT2D eigenvalue weighted by Crippen LogP contribution is 2.27. The van der Waals surface area contributed by atoms with Crippen LogP contribution in [0.4, 0.5) is 5.69 Å². The van der Waals surface area contributed by atoms with Crippen molar-refractivity contribution in [2.75, 3.05) is 26.1 Å². The molecule has 3 rings (SSSR count). The lowest BCUT2D eigenvalue weighted by molar-refractivity contribution is -0.111. The fraction of sp³-hybridized carbons (Fsp3) is 0.154. The molecule has 0 aliphatic rings. The summed E-state index contributed by atoms with van der Waals surface area (Å²) in [6, 6.07) is 19.7. The fourth-order valence-electron chi connectivity index (χ4n) is 3.19. The van der Waals surface area contributed by atoms with Gasteiger partial charge in [0.1, 0.15) is 0 Å². The summed E-state index contributed by atoms with van der Waals surface area (Å²) < 4.78 is 10.6. The van der Waals surface area contributed by atoms with E-state index in [1.54, 1.807) is 50.6 Å². The highest BCUT2D eigenvalue weighted by molar-refractivity contribution is 6.32. The second kappa shape index (κ2) is 11.7. The van der Waals surface area contributed by atoms with Gasteiger partial charge in [-0.05, 0) is 54.0 Å². The maximum atomic E-state index is 12.7. The van der Waals surface area contributed by atoms with Crippen LogP contribution in [0.3, 0.4) is 0 Å². The van der Waals surface area contributed by atoms with Crippen molar-refractivity contribution in [3.05, 3.63) is 94.5 Å². The summed E-state index contributed by atoms with van der Waals surface area (Å²) in [5.74, 6) is 0.653. The van der Waals surface area contributed by atoms with Gasteiger partial charge in [0, 0.05) is 17.6 Å². The zero-order valence-electron chi connectivity index (χ0n) is 18.4. The minimum atomic E-state index is -0.361. The van der Waals surface area contributed by atoms with Crippen LogP contribution in [0.2, 0.25) is 5.02 Å². The Morgan fingerprint density at radius 3 is 2.42 bits per heavy atom. The molecule has 6 nitrogen and oxygen atoms in total. The van der Waals surface area contributed by atoms with Crippen LogP contribution >= 0.6 is 11.6 Å². The van der Waals surface area contributed by atoms with Gasteiger partial charge >= 0.3 is 0 Å². The number of carbonyl (C=O) groups is 2. The first kappa shape index (κ1) is 23.9. The summed E-state index contributed by atoms with van der Waals surface area (Å²) in [7, 11) is 3.17. The van der Waals surface area contributed by atoms with Crippen molar-refractivity contribution in [1.82, 2.24) is 5.32 Å². The van der Waals surface area contributed by atoms with Crippen LogP contribution in [0.1, 0.15) is 21.5 Å². The molecule has 0 aliphatic carbocycles. The second-order valence-corrected chi connectivity index (χ2v) is 7.49. The Morgan fingerprint density at radius 2 is 1.67 bits per heavy atom. The van der Waals surface area contributed by atoms with E-state index in [1.165, 1.54) is 6.08 Å². The van der Waals surface area contributed by atoms with Gasteiger partial charge in [-0.1, -0.05) is 48.0 Å². The molecule has 0 saturated carbocycles. The molecule has 0 spiro atoms. The van der Waals surface area contributed by atoms with E-state index in [9.17, 15) is 9.59 Å². The largest absolute Gasteiger partial charge is 0.493 e. The summed E-state index contributed by atoms with van der Waals surface area (Å²) in [4.78, 5) is 25.1. The number of nitrogens with one attached hydrogen (secondary N) is 2. The Kier molecular flexibility index (Phi) is 8.49. The molecule has 170 valence electrons. The van der Waals surface area contributed by atoms with Crippen LogP contribution in [-0.2, 0) is 11.2 Å². The SMILES string of the molecule is COc1ccc(CCNC(=O)c2ccccc2NC(=O)/C=C/c2ccccc2Cl)cc1OC. The summed E-state index contributed by atoms with van der Waals surface area (Å²) in [6.07, 6.45) is 3.62. The number of hydrogen-bond acceptors (Lipinski definition) is 4. The number of amides is 2. The van der Waals surface area contributed by atoms with E-state index >= 15 is 0 Å². The van der Waals surface area contributed by atoms with Crippen molar-refractivity contribution in [3.63, 3.8) is 0 Å². The van der Waals surface area contributed by atoms with Crippen LogP contribution in [0, 0.1) is 0 Å². The molecule has 0 aromatic heterocycles. The van der Waals surface area contributed by atoms with E-state index in [-0.39, 0.29) is 11.8 Å². The lowest BCUT2D eigenvalue weighted by Gasteiger charge is -2.12. The van der Waals surface area contributed by atoms with E-state index in [0.29, 0.717) is 40.7 Å². The number of benzene rings is 3. The predicted octanol–water partition coefficient (Wildman–Crippen LogP) is 4.98. The summed E-state index contributed by atoms with van der Waals surface area (Å²) >= 11 is 6.11. The molecule has 0 unspecified atom stereocenters. The monoisotopic (exact) mass is 464 g/mol. The molecule has 3 aromatic carbocycles. The Labute approximate surface area is 198 Å². The van der Waals surface area contributed by atoms with Gasteiger partial charge < -0.3 is 20.1 Å². The Balaban J connectivity index is 1.60. The van der Waals surface area contributed by atoms with Crippen molar-refractivity contribution in [1.29, 1.82) is 0 Å². The van der Waals surface area contributed by atoms with Crippen LogP contribution < -0.4 is 20.1 Å². The van der Waals surface area contributed by atoms with E-state index in [0.717, 1.165) is 11.1 Å². The first-order valence-corrected chi connectivity index (χ1v) is 10.7. The van der Waals surface area contributed by atoms with E-state index < -0.39 is 0 Å². The molecule has 0 saturated heterocycles. The van der Waals surface area contributed by atoms with Crippen LogP contribution in [-0.4, -0.2) is 32.6 Å². The molecule has 3 aromatic rings. The lowest BCUT2D eigenvalue weighted by atomic mass is 10.1. The number of methoxy groups -OCH3 is 2. The molecule has 0 aliphatic heterocycles. The van der Waals surface area contributed by atoms with Crippen molar-refractivity contribution in [3.8, 4) is 11.5 Å². The van der Waals surface area contributed by atoms with Crippen molar-refractivity contribution < 1.29 is 19.1 Å². The number of para-hydroxylation sites is 1. The molecule has 0 heterocycles. The molecule has 2 N–H and O–H groups in total. The van der Waals surface area contributed by atoms with E-state index in [1.807, 2.05) is 36.4 Å². The molecule has 0 atom stereocenters. The van der Waals surface area contributed by atoms with Gasteiger partial charge in [-0.25, -0.2) is 0 Å². The Morgan fingerprint density at radius 1 is 0.939 bits per heavy atom. The smallest absolute Gasteiger partial charge is 0.253 e. The van der Waals surface area contributed by atoms with Gasteiger partial charge in [-0.2, -0.15) is 0 Å². The van der Waals surface area contributed by atoms with Crippen molar-refractivity contribution >= 4 is 35.2 Å². The molecular weight excluding hydrogens is 440 g/mol.